The Bertz CT molecular complexity index is 259. The molecule has 2 rings (SSSR count). The molecule has 2 heteroatoms. The number of hydrogen-bond acceptors (Lipinski definition) is 1. The molecular formula is C9H10FN. The minimum absolute atomic E-state index is 0.643. The maximum Gasteiger partial charge on any atom is 0.142 e. The number of pyridine rings is 1. The summed E-state index contributed by atoms with van der Waals surface area (Å²) < 4.78 is 13.1. The van der Waals surface area contributed by atoms with Crippen LogP contribution in [0, 0.1) is 0 Å². The molecule has 1 aliphatic carbocycles. The molecule has 1 aliphatic rings. The Balaban J connectivity index is 2.44. The monoisotopic (exact) mass is 151 g/mol. The van der Waals surface area contributed by atoms with E-state index >= 15 is 0 Å². The highest BCUT2D eigenvalue weighted by molar-refractivity contribution is 5.24. The van der Waals surface area contributed by atoms with Gasteiger partial charge in [-0.2, -0.15) is 0 Å². The van der Waals surface area contributed by atoms with E-state index in [-0.39, 0.29) is 0 Å². The Morgan fingerprint density at radius 1 is 1.55 bits per heavy atom. The topological polar surface area (TPSA) is 12.9 Å². The fourth-order valence-corrected chi connectivity index (χ4v) is 1.55. The van der Waals surface area contributed by atoms with Crippen molar-refractivity contribution < 1.29 is 4.39 Å². The van der Waals surface area contributed by atoms with E-state index in [2.05, 4.69) is 4.98 Å². The van der Waals surface area contributed by atoms with Gasteiger partial charge in [0.15, 0.2) is 0 Å². The molecule has 1 nitrogen and oxygen atoms in total. The molecule has 1 aromatic heterocycles. The molecule has 0 bridgehead atoms. The van der Waals surface area contributed by atoms with Crippen LogP contribution in [0.4, 0.5) is 4.39 Å². The second-order valence-corrected chi connectivity index (χ2v) is 2.91. The van der Waals surface area contributed by atoms with Crippen LogP contribution in [-0.4, -0.2) is 4.98 Å². The van der Waals surface area contributed by atoms with E-state index in [1.807, 2.05) is 12.1 Å². The zero-order valence-corrected chi connectivity index (χ0v) is 6.26. The van der Waals surface area contributed by atoms with Gasteiger partial charge in [-0.15, -0.1) is 0 Å². The maximum absolute atomic E-state index is 13.1. The zero-order valence-electron chi connectivity index (χ0n) is 6.26. The van der Waals surface area contributed by atoms with Crippen molar-refractivity contribution >= 4 is 0 Å². The molecular weight excluding hydrogens is 141 g/mol. The third-order valence-electron chi connectivity index (χ3n) is 2.13. The molecule has 0 N–H and O–H groups in total. The van der Waals surface area contributed by atoms with Crippen molar-refractivity contribution in [3.05, 3.63) is 29.6 Å². The second-order valence-electron chi connectivity index (χ2n) is 2.91. The van der Waals surface area contributed by atoms with Crippen LogP contribution in [0.15, 0.2) is 18.3 Å². The molecule has 0 saturated heterocycles. The van der Waals surface area contributed by atoms with E-state index in [9.17, 15) is 4.39 Å². The summed E-state index contributed by atoms with van der Waals surface area (Å²) >= 11 is 0. The van der Waals surface area contributed by atoms with Crippen LogP contribution in [-0.2, 0) is 6.42 Å². The summed E-state index contributed by atoms with van der Waals surface area (Å²) in [5.74, 6) is 0. The first-order valence-electron chi connectivity index (χ1n) is 3.96. The largest absolute Gasteiger partial charge is 0.258 e. The van der Waals surface area contributed by atoms with Crippen molar-refractivity contribution in [1.29, 1.82) is 0 Å². The number of nitrogens with zero attached hydrogens (tertiary/aromatic N) is 1. The van der Waals surface area contributed by atoms with Gasteiger partial charge < -0.3 is 0 Å². The average molecular weight is 151 g/mol. The van der Waals surface area contributed by atoms with Crippen molar-refractivity contribution in [2.75, 3.05) is 0 Å². The van der Waals surface area contributed by atoms with Gasteiger partial charge in [0.2, 0.25) is 0 Å². The van der Waals surface area contributed by atoms with E-state index in [0.29, 0.717) is 12.1 Å². The smallest absolute Gasteiger partial charge is 0.142 e. The highest BCUT2D eigenvalue weighted by Crippen LogP contribution is 2.30. The molecule has 0 aliphatic heterocycles. The van der Waals surface area contributed by atoms with E-state index in [4.69, 9.17) is 0 Å². The fourth-order valence-electron chi connectivity index (χ4n) is 1.55. The number of fused-ring (bicyclic) bond motifs is 1. The van der Waals surface area contributed by atoms with Crippen molar-refractivity contribution in [3.63, 3.8) is 0 Å². The summed E-state index contributed by atoms with van der Waals surface area (Å²) in [6.45, 7) is 0. The quantitative estimate of drug-likeness (QED) is 0.555. The predicted octanol–water partition coefficient (Wildman–Crippen LogP) is 2.43. The first kappa shape index (κ1) is 6.77. The molecule has 11 heavy (non-hydrogen) atoms. The van der Waals surface area contributed by atoms with Crippen LogP contribution in [0.3, 0.4) is 0 Å². The molecule has 0 radical (unpaired) electrons. The molecule has 0 saturated carbocycles. The van der Waals surface area contributed by atoms with Gasteiger partial charge in [-0.1, -0.05) is 6.07 Å². The SMILES string of the molecule is F[C@@H]1CCCc2cccnc21. The van der Waals surface area contributed by atoms with Gasteiger partial charge in [0.25, 0.3) is 0 Å². The third-order valence-corrected chi connectivity index (χ3v) is 2.13. The predicted molar refractivity (Wildman–Crippen MR) is 41.0 cm³/mol. The molecule has 0 unspecified atom stereocenters. The standard InChI is InChI=1S/C9H10FN/c10-8-5-1-3-7-4-2-6-11-9(7)8/h2,4,6,8H,1,3,5H2/t8-/m1/s1. The Kier molecular flexibility index (Phi) is 1.60. The number of rotatable bonds is 0. The average Bonchev–Trinajstić information content (AvgIpc) is 2.06. The summed E-state index contributed by atoms with van der Waals surface area (Å²) in [6, 6.07) is 3.84. The molecule has 0 aromatic carbocycles. The summed E-state index contributed by atoms with van der Waals surface area (Å²) in [4.78, 5) is 4.03. The van der Waals surface area contributed by atoms with Crippen LogP contribution >= 0.6 is 0 Å². The van der Waals surface area contributed by atoms with Crippen LogP contribution in [0.25, 0.3) is 0 Å². The highest BCUT2D eigenvalue weighted by Gasteiger charge is 2.19. The molecule has 1 aromatic rings. The van der Waals surface area contributed by atoms with Crippen molar-refractivity contribution in [3.8, 4) is 0 Å². The van der Waals surface area contributed by atoms with Crippen molar-refractivity contribution in [2.45, 2.75) is 25.4 Å². The Morgan fingerprint density at radius 3 is 3.27 bits per heavy atom. The first-order chi connectivity index (χ1) is 5.38. The minimum atomic E-state index is -0.819. The van der Waals surface area contributed by atoms with Crippen molar-refractivity contribution in [1.82, 2.24) is 4.98 Å². The fraction of sp³-hybridized carbons (Fsp3) is 0.444. The minimum Gasteiger partial charge on any atom is -0.258 e. The van der Waals surface area contributed by atoms with Gasteiger partial charge in [0.05, 0.1) is 5.69 Å². The van der Waals surface area contributed by atoms with Gasteiger partial charge >= 0.3 is 0 Å². The molecule has 0 fully saturated rings. The number of aromatic nitrogens is 1. The Hall–Kier alpha value is -0.920. The molecule has 58 valence electrons. The number of alkyl halides is 1. The van der Waals surface area contributed by atoms with Crippen LogP contribution in [0.5, 0.6) is 0 Å². The normalized spacial score (nSPS) is 22.8. The zero-order chi connectivity index (χ0) is 7.68. The van der Waals surface area contributed by atoms with E-state index in [1.54, 1.807) is 6.20 Å². The maximum atomic E-state index is 13.1. The Morgan fingerprint density at radius 2 is 2.45 bits per heavy atom. The second kappa shape index (κ2) is 2.61. The van der Waals surface area contributed by atoms with Gasteiger partial charge in [-0.25, -0.2) is 4.39 Å². The van der Waals surface area contributed by atoms with Gasteiger partial charge in [0.1, 0.15) is 6.17 Å². The summed E-state index contributed by atoms with van der Waals surface area (Å²) in [6.07, 6.45) is 3.43. The van der Waals surface area contributed by atoms with Crippen molar-refractivity contribution in [2.24, 2.45) is 0 Å². The lowest BCUT2D eigenvalue weighted by atomic mass is 9.95. The molecule has 0 amide bonds. The molecule has 0 spiro atoms. The van der Waals surface area contributed by atoms with Crippen LogP contribution in [0.1, 0.15) is 30.3 Å². The molecule has 1 heterocycles. The van der Waals surface area contributed by atoms with E-state index < -0.39 is 6.17 Å². The van der Waals surface area contributed by atoms with E-state index in [1.165, 1.54) is 0 Å². The summed E-state index contributed by atoms with van der Waals surface area (Å²) in [5, 5.41) is 0. The number of hydrogen-bond donors (Lipinski definition) is 0. The first-order valence-corrected chi connectivity index (χ1v) is 3.96. The van der Waals surface area contributed by atoms with E-state index in [0.717, 1.165) is 18.4 Å². The lowest BCUT2D eigenvalue weighted by Gasteiger charge is -2.17. The van der Waals surface area contributed by atoms with Crippen LogP contribution < -0.4 is 0 Å². The number of halogens is 1. The van der Waals surface area contributed by atoms with Crippen LogP contribution in [0.2, 0.25) is 0 Å². The summed E-state index contributed by atoms with van der Waals surface area (Å²) in [7, 11) is 0. The van der Waals surface area contributed by atoms with Gasteiger partial charge in [0, 0.05) is 6.20 Å². The lowest BCUT2D eigenvalue weighted by molar-refractivity contribution is 0.294. The Labute approximate surface area is 65.3 Å². The lowest BCUT2D eigenvalue weighted by Crippen LogP contribution is -2.07. The van der Waals surface area contributed by atoms with Gasteiger partial charge in [-0.05, 0) is 30.9 Å². The summed E-state index contributed by atoms with van der Waals surface area (Å²) in [5.41, 5.74) is 1.75. The highest BCUT2D eigenvalue weighted by atomic mass is 19.1. The molecule has 1 atom stereocenters. The number of aryl methyl sites for hydroxylation is 1. The van der Waals surface area contributed by atoms with Gasteiger partial charge in [-0.3, -0.25) is 4.98 Å². The third kappa shape index (κ3) is 1.13.